The van der Waals surface area contributed by atoms with Gasteiger partial charge in [0.15, 0.2) is 0 Å². The van der Waals surface area contributed by atoms with E-state index in [1.165, 1.54) is 5.56 Å². The van der Waals surface area contributed by atoms with Gasteiger partial charge in [0.1, 0.15) is 71.3 Å². The summed E-state index contributed by atoms with van der Waals surface area (Å²) in [7, 11) is -0.537. The van der Waals surface area contributed by atoms with Gasteiger partial charge in [-0.1, -0.05) is 125 Å². The zero-order chi connectivity index (χ0) is 74.9. The van der Waals surface area contributed by atoms with Gasteiger partial charge in [-0.05, 0) is 159 Å². The van der Waals surface area contributed by atoms with Crippen molar-refractivity contribution in [1.82, 2.24) is 0 Å². The predicted molar refractivity (Wildman–Crippen MR) is 419 cm³/mol. The fraction of sp³-hybridized carbons (Fsp3) is 0.224. The molecule has 0 amide bonds. The van der Waals surface area contributed by atoms with E-state index in [1.54, 1.807) is 44.8 Å². The molecular weight excluding hydrogens is 1440 g/mol. The number of benzene rings is 9. The number of amidine groups is 3. The molecule has 109 heavy (non-hydrogen) atoms. The molecule has 0 aliphatic carbocycles. The summed E-state index contributed by atoms with van der Waals surface area (Å²) in [6.45, 7) is 15.2. The number of hydrogen-bond donors (Lipinski definition) is 4. The van der Waals surface area contributed by atoms with Crippen LogP contribution in [-0.4, -0.2) is 77.5 Å². The van der Waals surface area contributed by atoms with Crippen LogP contribution in [0.4, 0.5) is 0 Å². The Morgan fingerprint density at radius 2 is 0.817 bits per heavy atom. The van der Waals surface area contributed by atoms with E-state index < -0.39 is 24.3 Å². The first-order valence-corrected chi connectivity index (χ1v) is 36.0. The average Bonchev–Trinajstić information content (AvgIpc) is 1.64. The molecule has 0 unspecified atom stereocenters. The summed E-state index contributed by atoms with van der Waals surface area (Å²) in [6, 6.07) is 58.3. The number of furan rings is 3. The fourth-order valence-corrected chi connectivity index (χ4v) is 13.7. The second-order valence-corrected chi connectivity index (χ2v) is 27.7. The number of ether oxygens (including phenoxy) is 5. The summed E-state index contributed by atoms with van der Waals surface area (Å²) in [5.74, 6) is 2.24. The van der Waals surface area contributed by atoms with Crippen LogP contribution >= 0.6 is 15.9 Å². The second kappa shape index (κ2) is 34.8. The number of aliphatic imine (C=N–C) groups is 3. The topological polar surface area (TPSA) is 321 Å². The van der Waals surface area contributed by atoms with Crippen LogP contribution in [-0.2, 0) is 91.9 Å². The monoisotopic (exact) mass is 1520 g/mol. The molecule has 1 fully saturated rings. The standard InChI is InChI=1S/C27H24N2O4.C25H29BO6.C25H20N2O4.C8H7BrN2.Li.H2O/c1-2-31-25(30)14-18-6-3-4-9-24(18)33-16-17-12-19-10-11-32-26(19)22(13-17)20-7-5-8-21-23(20)15-29-27(21)28;1-6-28-22(27)15-18-9-7-8-10-21(18)30-16-17-13-19-11-12-29-23(19)20(14-17)26-31-24(2,3)25(4,5)32-26;26-25-19-6-3-5-18(21(19)13-27-25)20-11-15(10-17-8-9-30-24(17)20)14-31-22-7-2-1-4-16(22)12-23(28)29;9-7-3-1-2-5-6(7)4-11-8(5)10;;/h3-13H,2,14-16H2,1H3,(H2,28,29);7-14H,6,15-16H2,1-5H3;1-11H,12-14H2,(H2,26,27)(H,28,29);1-3H,4H2,(H2,10,11);;1H2/q;;;;+1;/p-1. The normalized spacial score (nSPS) is 13.8. The van der Waals surface area contributed by atoms with E-state index in [4.69, 9.17) is 68.6 Å². The SMILES string of the molecule is CCOC(=O)Cc1ccccc1OCc1cc(-c2cccc3c2CN=C3N)c2occc2c1.CCOC(=O)Cc1ccccc1OCc1cc(B2OC(C)(C)C(C)(C)O2)c2occc2c1.NC1=NCc2c(Br)cccc21.NC1=NCc2c1cccc2-c1cc(COc2ccccc2CC(=O)O)cc2ccoc12.[Li+].[OH-]. The molecule has 0 spiro atoms. The number of carboxylic acids is 1. The Balaban J connectivity index is 0.000000150. The molecule has 0 atom stereocenters. The van der Waals surface area contributed by atoms with E-state index in [2.05, 4.69) is 61.2 Å². The van der Waals surface area contributed by atoms with Crippen LogP contribution in [0.15, 0.2) is 233 Å². The van der Waals surface area contributed by atoms with Gasteiger partial charge >= 0.3 is 43.9 Å². The molecule has 16 rings (SSSR count). The van der Waals surface area contributed by atoms with Crippen molar-refractivity contribution < 1.29 is 90.1 Å². The number of fused-ring (bicyclic) bond motifs is 6. The second-order valence-electron chi connectivity index (χ2n) is 26.8. The minimum Gasteiger partial charge on any atom is -0.870 e. The van der Waals surface area contributed by atoms with Gasteiger partial charge in [-0.15, -0.1) is 0 Å². The molecular formula is C85H81BBrLiN6O15. The number of nitrogens with two attached hydrogens (primary N) is 3. The zero-order valence-corrected chi connectivity index (χ0v) is 63.1. The largest absolute Gasteiger partial charge is 1.00 e. The molecule has 21 nitrogen and oxygen atoms in total. The van der Waals surface area contributed by atoms with Crippen LogP contribution in [0.2, 0.25) is 0 Å². The molecule has 4 aliphatic heterocycles. The van der Waals surface area contributed by atoms with Gasteiger partial charge in [-0.3, -0.25) is 29.4 Å². The molecule has 4 aliphatic rings. The van der Waals surface area contributed by atoms with Gasteiger partial charge < -0.3 is 74.0 Å². The summed E-state index contributed by atoms with van der Waals surface area (Å²) >= 11 is 3.45. The Bertz CT molecular complexity index is 5420. The van der Waals surface area contributed by atoms with Crippen molar-refractivity contribution in [3.63, 3.8) is 0 Å². The van der Waals surface area contributed by atoms with Crippen molar-refractivity contribution in [3.8, 4) is 39.5 Å². The Morgan fingerprint density at radius 3 is 1.23 bits per heavy atom. The van der Waals surface area contributed by atoms with Gasteiger partial charge in [0.2, 0.25) is 0 Å². The maximum Gasteiger partial charge on any atom is 1.00 e. The molecule has 8 N–H and O–H groups in total. The molecule has 0 saturated carbocycles. The van der Waals surface area contributed by atoms with Crippen LogP contribution in [0.1, 0.15) is 108 Å². The first-order valence-electron chi connectivity index (χ1n) is 35.2. The number of hydrogen-bond acceptors (Lipinski definition) is 20. The van der Waals surface area contributed by atoms with Crippen LogP contribution < -0.4 is 55.7 Å². The van der Waals surface area contributed by atoms with Gasteiger partial charge in [0.05, 0.1) is 82.1 Å². The van der Waals surface area contributed by atoms with E-state index in [1.807, 2.05) is 167 Å². The van der Waals surface area contributed by atoms with Crippen molar-refractivity contribution in [3.05, 3.63) is 272 Å². The third-order valence-electron chi connectivity index (χ3n) is 19.2. The van der Waals surface area contributed by atoms with E-state index in [9.17, 15) is 14.4 Å². The molecule has 0 bridgehead atoms. The van der Waals surface area contributed by atoms with E-state index in [0.717, 1.165) is 121 Å². The molecule has 12 aromatic rings. The minimum atomic E-state index is -0.891. The van der Waals surface area contributed by atoms with Crippen LogP contribution in [0.5, 0.6) is 17.2 Å². The maximum atomic E-state index is 12.0. The number of aliphatic carboxylic acids is 1. The molecule has 24 heteroatoms. The van der Waals surface area contributed by atoms with Crippen molar-refractivity contribution in [2.24, 2.45) is 32.2 Å². The first-order chi connectivity index (χ1) is 51.7. The third kappa shape index (κ3) is 17.9. The van der Waals surface area contributed by atoms with Crippen LogP contribution in [0.25, 0.3) is 55.2 Å². The summed E-state index contributed by atoms with van der Waals surface area (Å²) < 4.78 is 59.4. The Kier molecular flexibility index (Phi) is 25.2. The number of carboxylic acid groups (broad SMARTS) is 1. The Hall–Kier alpha value is -11.2. The van der Waals surface area contributed by atoms with Crippen LogP contribution in [0, 0.1) is 0 Å². The van der Waals surface area contributed by atoms with Crippen molar-refractivity contribution in [1.29, 1.82) is 0 Å². The quantitative estimate of drug-likeness (QED) is 0.0407. The smallest absolute Gasteiger partial charge is 0.870 e. The zero-order valence-electron chi connectivity index (χ0n) is 61.6. The number of rotatable bonds is 20. The molecule has 0 radical (unpaired) electrons. The van der Waals surface area contributed by atoms with E-state index in [0.29, 0.717) is 93.0 Å². The average molecular weight is 1520 g/mol. The molecule has 1 saturated heterocycles. The summed E-state index contributed by atoms with van der Waals surface area (Å²) in [5.41, 5.74) is 35.6. The summed E-state index contributed by atoms with van der Waals surface area (Å²) in [5, 5.41) is 12.1. The van der Waals surface area contributed by atoms with Crippen molar-refractivity contribution >= 4 is 96.8 Å². The molecule has 3 aromatic heterocycles. The number of nitrogens with zero attached hydrogens (tertiary/aromatic N) is 3. The van der Waals surface area contributed by atoms with Gasteiger partial charge in [0.25, 0.3) is 0 Å². The van der Waals surface area contributed by atoms with Crippen molar-refractivity contribution in [2.45, 2.75) is 111 Å². The fourth-order valence-electron chi connectivity index (χ4n) is 13.2. The number of para-hydroxylation sites is 3. The third-order valence-corrected chi connectivity index (χ3v) is 19.9. The van der Waals surface area contributed by atoms with E-state index >= 15 is 0 Å². The van der Waals surface area contributed by atoms with Gasteiger partial charge in [0, 0.05) is 70.6 Å². The number of halogens is 1. The summed E-state index contributed by atoms with van der Waals surface area (Å²) in [4.78, 5) is 48.0. The molecule has 7 heterocycles. The predicted octanol–water partition coefficient (Wildman–Crippen LogP) is 12.4. The van der Waals surface area contributed by atoms with Crippen LogP contribution in [0.3, 0.4) is 0 Å². The first kappa shape index (κ1) is 78.9. The summed E-state index contributed by atoms with van der Waals surface area (Å²) in [6.07, 6.45) is 5.30. The van der Waals surface area contributed by atoms with Gasteiger partial charge in [-0.25, -0.2) is 0 Å². The molecule has 552 valence electrons. The minimum absolute atomic E-state index is 0. The molecule has 9 aromatic carbocycles. The number of esters is 2. The van der Waals surface area contributed by atoms with Gasteiger partial charge in [-0.2, -0.15) is 0 Å². The Labute approximate surface area is 651 Å². The number of carbonyl (C=O) groups is 3. The van der Waals surface area contributed by atoms with Crippen molar-refractivity contribution in [2.75, 3.05) is 13.2 Å². The maximum absolute atomic E-state index is 12.0. The number of carbonyl (C=O) groups excluding carboxylic acids is 2. The van der Waals surface area contributed by atoms with E-state index in [-0.39, 0.29) is 55.5 Å². The Morgan fingerprint density at radius 1 is 0.459 bits per heavy atom.